The van der Waals surface area contributed by atoms with Crippen LogP contribution in [0.15, 0.2) is 89.1 Å². The quantitative estimate of drug-likeness (QED) is 0.699. The first kappa shape index (κ1) is 23.8. The van der Waals surface area contributed by atoms with Crippen molar-refractivity contribution in [2.45, 2.75) is 26.2 Å². The summed E-state index contributed by atoms with van der Waals surface area (Å²) in [6.07, 6.45) is 16.9. The van der Waals surface area contributed by atoms with Crippen molar-refractivity contribution in [2.24, 2.45) is 4.99 Å². The van der Waals surface area contributed by atoms with Gasteiger partial charge in [0.1, 0.15) is 0 Å². The van der Waals surface area contributed by atoms with Gasteiger partial charge in [0.05, 0.1) is 5.71 Å². The molecule has 1 aliphatic carbocycles. The van der Waals surface area contributed by atoms with Gasteiger partial charge in [-0.25, -0.2) is 18.6 Å². The van der Waals surface area contributed by atoms with Crippen LogP contribution in [0.4, 0.5) is 5.69 Å². The molecular formula is C23H26ClN2O4-. The van der Waals surface area contributed by atoms with E-state index in [0.29, 0.717) is 0 Å². The molecular weight excluding hydrogens is 404 g/mol. The van der Waals surface area contributed by atoms with E-state index in [2.05, 4.69) is 111 Å². The minimum atomic E-state index is -4.94. The van der Waals surface area contributed by atoms with Gasteiger partial charge in [0.2, 0.25) is 0 Å². The third-order valence-corrected chi connectivity index (χ3v) is 4.83. The Bertz CT molecular complexity index is 911. The van der Waals surface area contributed by atoms with Crippen LogP contribution in [-0.2, 0) is 5.41 Å². The number of allylic oxidation sites excluding steroid dienone is 10. The van der Waals surface area contributed by atoms with Crippen LogP contribution in [0, 0.1) is 10.2 Å². The van der Waals surface area contributed by atoms with E-state index >= 15 is 0 Å². The minimum Gasteiger partial charge on any atom is -0.347 e. The van der Waals surface area contributed by atoms with E-state index in [1.807, 2.05) is 0 Å². The van der Waals surface area contributed by atoms with Gasteiger partial charge >= 0.3 is 0 Å². The molecule has 0 amide bonds. The molecule has 30 heavy (non-hydrogen) atoms. The predicted octanol–water partition coefficient (Wildman–Crippen LogP) is 0.611. The molecule has 0 bridgehead atoms. The molecule has 0 aromatic heterocycles. The zero-order valence-electron chi connectivity index (χ0n) is 17.5. The van der Waals surface area contributed by atoms with Gasteiger partial charge in [0.15, 0.2) is 0 Å². The average Bonchev–Trinajstić information content (AvgIpc) is 2.86. The standard InChI is InChI=1S/C23H26N2.ClHO4/c1-5-24-19-16-14-18(15-17-19)10-6-9-13-22-23(2,3)20-11-7-8-12-21(20)25(22)4;2-1(3,4)5/h6-17H,5H2,1-4H3;(H,2,3,4,5)/p-1. The van der Waals surface area contributed by atoms with Crippen LogP contribution in [0.2, 0.25) is 0 Å². The number of benzene rings is 1. The Kier molecular flexibility index (Phi) is 7.95. The molecule has 6 nitrogen and oxygen atoms in total. The molecule has 7 heteroatoms. The first-order valence-corrected chi connectivity index (χ1v) is 10.7. The summed E-state index contributed by atoms with van der Waals surface area (Å²) in [5.74, 6) is 0. The summed E-state index contributed by atoms with van der Waals surface area (Å²) in [5.41, 5.74) is 6.25. The summed E-state index contributed by atoms with van der Waals surface area (Å²) in [6.45, 7) is 7.45. The Morgan fingerprint density at radius 2 is 1.53 bits per heavy atom. The number of hydrogen-bond acceptors (Lipinski definition) is 6. The van der Waals surface area contributed by atoms with Crippen molar-refractivity contribution in [3.63, 3.8) is 0 Å². The third kappa shape index (κ3) is 6.52. The van der Waals surface area contributed by atoms with Gasteiger partial charge in [-0.3, -0.25) is 4.99 Å². The van der Waals surface area contributed by atoms with Crippen molar-refractivity contribution in [1.29, 1.82) is 0 Å². The zero-order chi connectivity index (χ0) is 22.4. The Labute approximate surface area is 179 Å². The molecule has 1 aliphatic heterocycles. The SMILES string of the molecule is CCN=C1C=CC(=CC=CC=C2N(C)c3ccccc3C2(C)C)C=C1.[O-][Cl+3]([O-])([O-])[O-]. The molecule has 1 aromatic carbocycles. The van der Waals surface area contributed by atoms with Gasteiger partial charge in [-0.1, -0.05) is 62.4 Å². The number of nitrogens with zero attached hydrogens (tertiary/aromatic N) is 2. The van der Waals surface area contributed by atoms with E-state index in [-0.39, 0.29) is 5.41 Å². The number of aliphatic imine (C=N–C) groups is 1. The molecule has 0 spiro atoms. The molecule has 0 N–H and O–H groups in total. The molecule has 0 fully saturated rings. The molecule has 0 unspecified atom stereocenters. The van der Waals surface area contributed by atoms with Gasteiger partial charge in [-0.15, -0.1) is 10.2 Å². The lowest BCUT2D eigenvalue weighted by Gasteiger charge is -2.23. The molecule has 1 aromatic rings. The maximum Gasteiger partial charge on any atom is 0.0574 e. The largest absolute Gasteiger partial charge is 0.347 e. The number of fused-ring (bicyclic) bond motifs is 1. The maximum atomic E-state index is 8.49. The molecule has 0 radical (unpaired) electrons. The van der Waals surface area contributed by atoms with Crippen LogP contribution < -0.4 is 23.5 Å². The van der Waals surface area contributed by atoms with Crippen LogP contribution in [0.25, 0.3) is 0 Å². The Morgan fingerprint density at radius 3 is 2.10 bits per heavy atom. The fourth-order valence-corrected chi connectivity index (χ4v) is 3.49. The normalized spacial score (nSPS) is 18.5. The highest BCUT2D eigenvalue weighted by atomic mass is 35.7. The number of likely N-dealkylation sites (N-methyl/N-ethyl adjacent to an activating group) is 1. The minimum absolute atomic E-state index is 0.0268. The fourth-order valence-electron chi connectivity index (χ4n) is 3.49. The summed E-state index contributed by atoms with van der Waals surface area (Å²) < 4.78 is 34.0. The van der Waals surface area contributed by atoms with Crippen molar-refractivity contribution in [2.75, 3.05) is 18.5 Å². The molecule has 0 saturated carbocycles. The topological polar surface area (TPSA) is 108 Å². The van der Waals surface area contributed by atoms with Crippen molar-refractivity contribution in [3.8, 4) is 0 Å². The zero-order valence-corrected chi connectivity index (χ0v) is 18.3. The second-order valence-corrected chi connectivity index (χ2v) is 8.00. The fraction of sp³-hybridized carbons (Fsp3) is 0.261. The van der Waals surface area contributed by atoms with Crippen LogP contribution in [0.3, 0.4) is 0 Å². The van der Waals surface area contributed by atoms with Crippen LogP contribution in [0.5, 0.6) is 0 Å². The third-order valence-electron chi connectivity index (χ3n) is 4.83. The number of rotatable bonds is 3. The van der Waals surface area contributed by atoms with E-state index in [4.69, 9.17) is 18.6 Å². The first-order chi connectivity index (χ1) is 14.0. The van der Waals surface area contributed by atoms with Crippen LogP contribution in [-0.4, -0.2) is 19.3 Å². The van der Waals surface area contributed by atoms with Gasteiger partial charge in [-0.05, 0) is 42.4 Å². The summed E-state index contributed by atoms with van der Waals surface area (Å²) in [4.78, 5) is 6.69. The van der Waals surface area contributed by atoms with Gasteiger partial charge in [0.25, 0.3) is 0 Å². The highest BCUT2D eigenvalue weighted by Gasteiger charge is 2.37. The summed E-state index contributed by atoms with van der Waals surface area (Å²) >= 11 is 0. The summed E-state index contributed by atoms with van der Waals surface area (Å²) in [5, 5.41) is 0. The van der Waals surface area contributed by atoms with Crippen LogP contribution >= 0.6 is 0 Å². The number of anilines is 1. The smallest absolute Gasteiger partial charge is 0.0574 e. The molecule has 1 heterocycles. The molecule has 0 saturated heterocycles. The van der Waals surface area contributed by atoms with E-state index in [0.717, 1.165) is 12.3 Å². The molecule has 3 rings (SSSR count). The molecule has 160 valence electrons. The van der Waals surface area contributed by atoms with E-state index in [1.54, 1.807) is 0 Å². The van der Waals surface area contributed by atoms with Gasteiger partial charge in [-0.2, -0.15) is 0 Å². The predicted molar refractivity (Wildman–Crippen MR) is 109 cm³/mol. The van der Waals surface area contributed by atoms with Crippen LogP contribution in [0.1, 0.15) is 26.3 Å². The second-order valence-electron chi connectivity index (χ2n) is 7.25. The highest BCUT2D eigenvalue weighted by molar-refractivity contribution is 6.05. The lowest BCUT2D eigenvalue weighted by Crippen LogP contribution is -2.68. The van der Waals surface area contributed by atoms with E-state index in [9.17, 15) is 0 Å². The Hall–Kier alpha value is -2.48. The van der Waals surface area contributed by atoms with Crippen molar-refractivity contribution in [1.82, 2.24) is 0 Å². The summed E-state index contributed by atoms with van der Waals surface area (Å²) in [7, 11) is -2.80. The van der Waals surface area contributed by atoms with Gasteiger partial charge < -0.3 is 4.90 Å². The van der Waals surface area contributed by atoms with E-state index < -0.39 is 10.2 Å². The maximum absolute atomic E-state index is 8.49. The first-order valence-electron chi connectivity index (χ1n) is 9.48. The highest BCUT2D eigenvalue weighted by Crippen LogP contribution is 2.46. The van der Waals surface area contributed by atoms with Crippen molar-refractivity contribution >= 4 is 11.4 Å². The monoisotopic (exact) mass is 429 g/mol. The number of para-hydroxylation sites is 1. The summed E-state index contributed by atoms with van der Waals surface area (Å²) in [6, 6.07) is 8.64. The molecule has 0 atom stereocenters. The second kappa shape index (κ2) is 10.0. The lowest BCUT2D eigenvalue weighted by atomic mass is 9.84. The Morgan fingerprint density at radius 1 is 0.967 bits per heavy atom. The lowest BCUT2D eigenvalue weighted by molar-refractivity contribution is -2.00. The number of halogens is 1. The molecule has 2 aliphatic rings. The number of hydrogen-bond donors (Lipinski definition) is 0. The van der Waals surface area contributed by atoms with Crippen molar-refractivity contribution < 1.29 is 28.9 Å². The van der Waals surface area contributed by atoms with E-state index in [1.165, 1.54) is 22.5 Å². The van der Waals surface area contributed by atoms with Crippen molar-refractivity contribution in [3.05, 3.63) is 89.7 Å². The Balaban J connectivity index is 0.000000575. The average molecular weight is 430 g/mol. The van der Waals surface area contributed by atoms with Gasteiger partial charge in [0, 0.05) is 30.4 Å².